The molecule has 4 fully saturated rings. The second kappa shape index (κ2) is 8.85. The smallest absolute Gasteiger partial charge is 0.272 e. The van der Waals surface area contributed by atoms with Gasteiger partial charge in [0.1, 0.15) is 6.54 Å². The summed E-state index contributed by atoms with van der Waals surface area (Å²) in [7, 11) is 0. The van der Waals surface area contributed by atoms with Gasteiger partial charge in [0.25, 0.3) is 5.56 Å². The molecule has 8 heteroatoms. The predicted octanol–water partition coefficient (Wildman–Crippen LogP) is 2.18. The zero-order chi connectivity index (χ0) is 22.1. The van der Waals surface area contributed by atoms with Crippen molar-refractivity contribution in [2.24, 2.45) is 34.6 Å². The lowest BCUT2D eigenvalue weighted by Crippen LogP contribution is -2.40. The van der Waals surface area contributed by atoms with Crippen molar-refractivity contribution in [3.8, 4) is 0 Å². The van der Waals surface area contributed by atoms with E-state index < -0.39 is 0 Å². The van der Waals surface area contributed by atoms with Crippen LogP contribution in [-0.4, -0.2) is 34.0 Å². The summed E-state index contributed by atoms with van der Waals surface area (Å²) in [5.74, 6) is 8.21. The van der Waals surface area contributed by atoms with Crippen molar-refractivity contribution in [2.45, 2.75) is 71.5 Å². The number of nitrogens with zero attached hydrogens (tertiary/aromatic N) is 3. The highest BCUT2D eigenvalue weighted by Gasteiger charge is 2.53. The molecule has 1 aromatic rings. The fourth-order valence-electron chi connectivity index (χ4n) is 6.15. The summed E-state index contributed by atoms with van der Waals surface area (Å²) in [5, 5.41) is 14.4. The van der Waals surface area contributed by atoms with Crippen LogP contribution in [0.2, 0.25) is 0 Å². The number of rotatable bonds is 8. The Hall–Kier alpha value is -2.64. The molecule has 4 aliphatic rings. The van der Waals surface area contributed by atoms with E-state index in [1.807, 2.05) is 26.8 Å². The Bertz CT molecular complexity index is 948. The molecule has 4 aliphatic carbocycles. The van der Waals surface area contributed by atoms with E-state index in [2.05, 4.69) is 20.8 Å². The maximum absolute atomic E-state index is 12.9. The maximum atomic E-state index is 12.9. The average molecular weight is 427 g/mol. The van der Waals surface area contributed by atoms with Crippen molar-refractivity contribution >= 4 is 17.8 Å². The molecular weight excluding hydrogens is 392 g/mol. The topological polar surface area (TPSA) is 114 Å². The van der Waals surface area contributed by atoms with Gasteiger partial charge in [-0.25, -0.2) is 4.68 Å². The third-order valence-corrected chi connectivity index (χ3v) is 7.50. The minimum absolute atomic E-state index is 0.123. The monoisotopic (exact) mass is 426 g/mol. The number of allylic oxidation sites excluding steroid dienone is 1. The number of hydrogen-bond acceptors (Lipinski definition) is 6. The molecule has 1 amide bonds. The van der Waals surface area contributed by atoms with Crippen molar-refractivity contribution < 1.29 is 4.79 Å². The van der Waals surface area contributed by atoms with Crippen molar-refractivity contribution in [1.29, 1.82) is 0 Å². The lowest BCUT2D eigenvalue weighted by molar-refractivity contribution is -0.122. The number of anilines is 1. The molecule has 4 bridgehead atoms. The van der Waals surface area contributed by atoms with Gasteiger partial charge in [-0.15, -0.1) is 0 Å². The molecule has 6 unspecified atom stereocenters. The van der Waals surface area contributed by atoms with E-state index in [1.165, 1.54) is 36.6 Å². The Morgan fingerprint density at radius 3 is 2.84 bits per heavy atom. The number of hydrazone groups is 1. The summed E-state index contributed by atoms with van der Waals surface area (Å²) >= 11 is 0. The summed E-state index contributed by atoms with van der Waals surface area (Å²) in [6, 6.07) is 0.196. The van der Waals surface area contributed by atoms with Crippen molar-refractivity contribution in [3.05, 3.63) is 33.8 Å². The third-order valence-electron chi connectivity index (χ3n) is 7.50. The first-order chi connectivity index (χ1) is 14.9. The van der Waals surface area contributed by atoms with Crippen LogP contribution < -0.4 is 22.0 Å². The van der Waals surface area contributed by atoms with Gasteiger partial charge in [0.2, 0.25) is 5.91 Å². The van der Waals surface area contributed by atoms with Gasteiger partial charge in [0.15, 0.2) is 0 Å². The van der Waals surface area contributed by atoms with Gasteiger partial charge < -0.3 is 16.5 Å². The third kappa shape index (κ3) is 4.25. The molecule has 0 saturated heterocycles. The van der Waals surface area contributed by atoms with Gasteiger partial charge in [-0.05, 0) is 75.2 Å². The van der Waals surface area contributed by atoms with E-state index in [4.69, 9.17) is 5.84 Å². The molecule has 168 valence electrons. The molecule has 1 heterocycles. The largest absolute Gasteiger partial charge is 0.380 e. The number of amides is 1. The fourth-order valence-corrected chi connectivity index (χ4v) is 6.15. The lowest BCUT2D eigenvalue weighted by Gasteiger charge is -2.33. The Morgan fingerprint density at radius 1 is 1.35 bits per heavy atom. The zero-order valence-electron chi connectivity index (χ0n) is 18.7. The molecule has 4 N–H and O–H groups in total. The molecule has 8 nitrogen and oxygen atoms in total. The minimum atomic E-state index is -0.278. The summed E-state index contributed by atoms with van der Waals surface area (Å²) < 4.78 is 1.23. The first-order valence-electron chi connectivity index (χ1n) is 11.5. The van der Waals surface area contributed by atoms with Crippen LogP contribution in [-0.2, 0) is 11.3 Å². The van der Waals surface area contributed by atoms with E-state index in [1.54, 1.807) is 6.20 Å². The Kier molecular flexibility index (Phi) is 6.16. The number of carbonyl (C=O) groups excluding carboxylic acids is 1. The SMILES string of the molecule is CC/C=C(\C=N/N)C(C)NC(=O)Cn1ncc(NC2C3CC4CC(C3)C2C4)c(C)c1=O. The van der Waals surface area contributed by atoms with E-state index in [-0.39, 0.29) is 24.1 Å². The summed E-state index contributed by atoms with van der Waals surface area (Å²) in [6.45, 7) is 5.55. The number of carbonyl (C=O) groups is 1. The summed E-state index contributed by atoms with van der Waals surface area (Å²) in [5.41, 5.74) is 2.03. The minimum Gasteiger partial charge on any atom is -0.380 e. The molecular formula is C23H34N6O2. The highest BCUT2D eigenvalue weighted by molar-refractivity contribution is 5.83. The van der Waals surface area contributed by atoms with Gasteiger partial charge in [0.05, 0.1) is 24.1 Å². The second-order valence-corrected chi connectivity index (χ2v) is 9.49. The zero-order valence-corrected chi connectivity index (χ0v) is 18.7. The van der Waals surface area contributed by atoms with Crippen LogP contribution in [0.5, 0.6) is 0 Å². The highest BCUT2D eigenvalue weighted by Crippen LogP contribution is 2.58. The molecule has 0 spiro atoms. The van der Waals surface area contributed by atoms with E-state index >= 15 is 0 Å². The number of aromatic nitrogens is 2. The van der Waals surface area contributed by atoms with Crippen LogP contribution in [0.4, 0.5) is 5.69 Å². The van der Waals surface area contributed by atoms with Gasteiger partial charge >= 0.3 is 0 Å². The lowest BCUT2D eigenvalue weighted by atomic mass is 9.79. The first kappa shape index (κ1) is 21.6. The van der Waals surface area contributed by atoms with Crippen molar-refractivity contribution in [3.63, 3.8) is 0 Å². The standard InChI is InChI=1S/C23H34N6O2/c1-4-5-16(10-25-24)14(3)27-21(30)12-29-23(31)13(2)20(11-26-29)28-22-18-7-15-6-17(9-18)19(22)8-15/h5,10-11,14-15,17-19,22,28H,4,6-9,12,24H2,1-3H3,(H,27,30)/b16-5+,25-10-. The van der Waals surface area contributed by atoms with E-state index in [0.29, 0.717) is 11.6 Å². The van der Waals surface area contributed by atoms with Crippen LogP contribution in [0.15, 0.2) is 27.7 Å². The van der Waals surface area contributed by atoms with Crippen LogP contribution in [0, 0.1) is 30.6 Å². The molecule has 31 heavy (non-hydrogen) atoms. The Balaban J connectivity index is 1.41. The summed E-state index contributed by atoms with van der Waals surface area (Å²) in [4.78, 5) is 25.4. The second-order valence-electron chi connectivity index (χ2n) is 9.49. The molecule has 1 aromatic heterocycles. The summed E-state index contributed by atoms with van der Waals surface area (Å²) in [6.07, 6.45) is 11.3. The van der Waals surface area contributed by atoms with Crippen LogP contribution >= 0.6 is 0 Å². The van der Waals surface area contributed by atoms with Crippen molar-refractivity contribution in [1.82, 2.24) is 15.1 Å². The maximum Gasteiger partial charge on any atom is 0.272 e. The van der Waals surface area contributed by atoms with Crippen LogP contribution in [0.1, 0.15) is 51.5 Å². The molecule has 5 rings (SSSR count). The Labute approximate surface area is 183 Å². The molecule has 0 aliphatic heterocycles. The number of nitrogens with two attached hydrogens (primary N) is 1. The molecule has 6 atom stereocenters. The normalized spacial score (nSPS) is 30.2. The van der Waals surface area contributed by atoms with Gasteiger partial charge in [-0.3, -0.25) is 9.59 Å². The van der Waals surface area contributed by atoms with Gasteiger partial charge in [-0.1, -0.05) is 13.0 Å². The quantitative estimate of drug-likeness (QED) is 0.335. The fraction of sp³-hybridized carbons (Fsp3) is 0.652. The predicted molar refractivity (Wildman–Crippen MR) is 122 cm³/mol. The highest BCUT2D eigenvalue weighted by atomic mass is 16.2. The van der Waals surface area contributed by atoms with Crippen LogP contribution in [0.3, 0.4) is 0 Å². The molecule has 0 aromatic carbocycles. The van der Waals surface area contributed by atoms with E-state index in [0.717, 1.165) is 41.4 Å². The number of hydrogen-bond donors (Lipinski definition) is 3. The van der Waals surface area contributed by atoms with Crippen LogP contribution in [0.25, 0.3) is 0 Å². The van der Waals surface area contributed by atoms with Crippen molar-refractivity contribution in [2.75, 3.05) is 5.32 Å². The average Bonchev–Trinajstić information content (AvgIpc) is 3.15. The van der Waals surface area contributed by atoms with Gasteiger partial charge in [-0.2, -0.15) is 10.2 Å². The molecule has 4 saturated carbocycles. The Morgan fingerprint density at radius 2 is 2.13 bits per heavy atom. The number of nitrogens with one attached hydrogen (secondary N) is 2. The van der Waals surface area contributed by atoms with Gasteiger partial charge in [0, 0.05) is 11.6 Å². The van der Waals surface area contributed by atoms with E-state index in [9.17, 15) is 9.59 Å². The first-order valence-corrected chi connectivity index (χ1v) is 11.5. The molecule has 0 radical (unpaired) electrons.